The first-order valence-corrected chi connectivity index (χ1v) is 8.46. The van der Waals surface area contributed by atoms with Crippen molar-refractivity contribution in [3.8, 4) is 5.75 Å². The first kappa shape index (κ1) is 17.1. The predicted octanol–water partition coefficient (Wildman–Crippen LogP) is 3.10. The summed E-state index contributed by atoms with van der Waals surface area (Å²) in [5.41, 5.74) is 0. The van der Waals surface area contributed by atoms with Gasteiger partial charge in [0.05, 0.1) is 5.02 Å². The SMILES string of the molecule is C[C@@H](Oc1ccccc1Cl)C(=O)NCCN1CCCCCC1. The molecule has 0 aliphatic carbocycles. The van der Waals surface area contributed by atoms with Crippen LogP contribution in [0.4, 0.5) is 0 Å². The molecular weight excluding hydrogens is 300 g/mol. The van der Waals surface area contributed by atoms with Gasteiger partial charge in [-0.15, -0.1) is 0 Å². The van der Waals surface area contributed by atoms with Crippen molar-refractivity contribution in [2.24, 2.45) is 0 Å². The normalized spacial score (nSPS) is 17.5. The minimum atomic E-state index is -0.552. The van der Waals surface area contributed by atoms with Crippen LogP contribution in [0.3, 0.4) is 0 Å². The van der Waals surface area contributed by atoms with Crippen LogP contribution in [0.5, 0.6) is 5.75 Å². The zero-order valence-electron chi connectivity index (χ0n) is 13.2. The van der Waals surface area contributed by atoms with E-state index in [0.717, 1.165) is 19.6 Å². The molecule has 2 rings (SSSR count). The van der Waals surface area contributed by atoms with Gasteiger partial charge in [0.2, 0.25) is 0 Å². The standard InChI is InChI=1S/C17H25ClN2O2/c1-14(22-16-9-5-4-8-15(16)18)17(21)19-10-13-20-11-6-2-3-7-12-20/h4-5,8-9,14H,2-3,6-7,10-13H2,1H3,(H,19,21)/t14-/m1/s1. The highest BCUT2D eigenvalue weighted by Gasteiger charge is 2.16. The van der Waals surface area contributed by atoms with Gasteiger partial charge < -0.3 is 15.0 Å². The smallest absolute Gasteiger partial charge is 0.260 e. The van der Waals surface area contributed by atoms with Crippen molar-refractivity contribution in [1.29, 1.82) is 0 Å². The van der Waals surface area contributed by atoms with E-state index in [4.69, 9.17) is 16.3 Å². The van der Waals surface area contributed by atoms with Gasteiger partial charge in [0.1, 0.15) is 5.75 Å². The highest BCUT2D eigenvalue weighted by Crippen LogP contribution is 2.24. The number of carbonyl (C=O) groups excluding carboxylic acids is 1. The molecule has 1 aromatic rings. The topological polar surface area (TPSA) is 41.6 Å². The Morgan fingerprint density at radius 2 is 1.95 bits per heavy atom. The molecule has 0 aromatic heterocycles. The zero-order chi connectivity index (χ0) is 15.8. The first-order chi connectivity index (χ1) is 10.7. The summed E-state index contributed by atoms with van der Waals surface area (Å²) < 4.78 is 5.61. The number of hydrogen-bond acceptors (Lipinski definition) is 3. The Morgan fingerprint density at radius 3 is 2.64 bits per heavy atom. The van der Waals surface area contributed by atoms with E-state index >= 15 is 0 Å². The summed E-state index contributed by atoms with van der Waals surface area (Å²) in [4.78, 5) is 14.5. The monoisotopic (exact) mass is 324 g/mol. The Balaban J connectivity index is 1.71. The third-order valence-corrected chi connectivity index (χ3v) is 4.25. The van der Waals surface area contributed by atoms with E-state index in [9.17, 15) is 4.79 Å². The summed E-state index contributed by atoms with van der Waals surface area (Å²) in [6, 6.07) is 7.19. The van der Waals surface area contributed by atoms with E-state index < -0.39 is 6.10 Å². The molecule has 5 heteroatoms. The molecule has 1 amide bonds. The average molecular weight is 325 g/mol. The molecule has 1 aromatic carbocycles. The molecule has 122 valence electrons. The maximum Gasteiger partial charge on any atom is 0.260 e. The Hall–Kier alpha value is -1.26. The fourth-order valence-electron chi connectivity index (χ4n) is 2.63. The molecule has 0 bridgehead atoms. The maximum absolute atomic E-state index is 12.1. The second-order valence-electron chi connectivity index (χ2n) is 5.74. The van der Waals surface area contributed by atoms with Crippen LogP contribution in [0.15, 0.2) is 24.3 Å². The molecule has 0 saturated carbocycles. The Labute approximate surface area is 137 Å². The number of carbonyl (C=O) groups is 1. The average Bonchev–Trinajstić information content (AvgIpc) is 2.78. The van der Waals surface area contributed by atoms with E-state index in [1.54, 1.807) is 19.1 Å². The Bertz CT molecular complexity index is 473. The summed E-state index contributed by atoms with van der Waals surface area (Å²) in [5, 5.41) is 3.46. The lowest BCUT2D eigenvalue weighted by Gasteiger charge is -2.21. The van der Waals surface area contributed by atoms with Gasteiger partial charge in [0.15, 0.2) is 6.10 Å². The second-order valence-corrected chi connectivity index (χ2v) is 6.14. The van der Waals surface area contributed by atoms with Crippen LogP contribution in [0.2, 0.25) is 5.02 Å². The first-order valence-electron chi connectivity index (χ1n) is 8.08. The van der Waals surface area contributed by atoms with Crippen LogP contribution in [0.1, 0.15) is 32.6 Å². The number of halogens is 1. The Kier molecular flexibility index (Phi) is 7.00. The largest absolute Gasteiger partial charge is 0.479 e. The van der Waals surface area contributed by atoms with Crippen molar-refractivity contribution in [1.82, 2.24) is 10.2 Å². The van der Waals surface area contributed by atoms with Gasteiger partial charge >= 0.3 is 0 Å². The number of para-hydroxylation sites is 1. The van der Waals surface area contributed by atoms with Crippen molar-refractivity contribution in [2.75, 3.05) is 26.2 Å². The fourth-order valence-corrected chi connectivity index (χ4v) is 2.81. The van der Waals surface area contributed by atoms with Crippen LogP contribution in [-0.4, -0.2) is 43.1 Å². The van der Waals surface area contributed by atoms with Gasteiger partial charge in [-0.25, -0.2) is 0 Å². The number of nitrogens with one attached hydrogen (secondary N) is 1. The van der Waals surface area contributed by atoms with Gasteiger partial charge in [-0.3, -0.25) is 4.79 Å². The van der Waals surface area contributed by atoms with E-state index in [1.807, 2.05) is 12.1 Å². The van der Waals surface area contributed by atoms with Crippen LogP contribution < -0.4 is 10.1 Å². The van der Waals surface area contributed by atoms with Crippen LogP contribution >= 0.6 is 11.6 Å². The van der Waals surface area contributed by atoms with Crippen molar-refractivity contribution in [3.05, 3.63) is 29.3 Å². The van der Waals surface area contributed by atoms with Gasteiger partial charge in [-0.1, -0.05) is 36.6 Å². The summed E-state index contributed by atoms with van der Waals surface area (Å²) >= 11 is 6.03. The zero-order valence-corrected chi connectivity index (χ0v) is 13.9. The van der Waals surface area contributed by atoms with Crippen LogP contribution in [-0.2, 0) is 4.79 Å². The molecule has 0 unspecified atom stereocenters. The highest BCUT2D eigenvalue weighted by molar-refractivity contribution is 6.32. The molecule has 1 heterocycles. The van der Waals surface area contributed by atoms with Gasteiger partial charge in [0.25, 0.3) is 5.91 Å². The second kappa shape index (κ2) is 9.01. The molecule has 1 atom stereocenters. The van der Waals surface area contributed by atoms with Crippen molar-refractivity contribution < 1.29 is 9.53 Å². The van der Waals surface area contributed by atoms with E-state index in [0.29, 0.717) is 17.3 Å². The van der Waals surface area contributed by atoms with E-state index in [-0.39, 0.29) is 5.91 Å². The minimum Gasteiger partial charge on any atom is -0.479 e. The molecule has 1 aliphatic heterocycles. The number of rotatable bonds is 6. The maximum atomic E-state index is 12.1. The molecular formula is C17H25ClN2O2. The van der Waals surface area contributed by atoms with Crippen LogP contribution in [0.25, 0.3) is 0 Å². The molecule has 1 N–H and O–H groups in total. The van der Waals surface area contributed by atoms with E-state index in [1.165, 1.54) is 25.7 Å². The number of ether oxygens (including phenoxy) is 1. The summed E-state index contributed by atoms with van der Waals surface area (Å²) in [6.07, 6.45) is 4.63. The van der Waals surface area contributed by atoms with Crippen LogP contribution in [0, 0.1) is 0 Å². The molecule has 1 aliphatic rings. The predicted molar refractivity (Wildman–Crippen MR) is 89.5 cm³/mol. The number of benzene rings is 1. The lowest BCUT2D eigenvalue weighted by Crippen LogP contribution is -2.41. The molecule has 4 nitrogen and oxygen atoms in total. The molecule has 0 radical (unpaired) electrons. The number of likely N-dealkylation sites (tertiary alicyclic amines) is 1. The molecule has 22 heavy (non-hydrogen) atoms. The summed E-state index contributed by atoms with van der Waals surface area (Å²) in [5.74, 6) is 0.439. The number of hydrogen-bond donors (Lipinski definition) is 1. The quantitative estimate of drug-likeness (QED) is 0.874. The highest BCUT2D eigenvalue weighted by atomic mass is 35.5. The fraction of sp³-hybridized carbons (Fsp3) is 0.588. The molecule has 1 saturated heterocycles. The van der Waals surface area contributed by atoms with Crippen molar-refractivity contribution >= 4 is 17.5 Å². The molecule has 0 spiro atoms. The lowest BCUT2D eigenvalue weighted by molar-refractivity contribution is -0.127. The number of nitrogens with zero attached hydrogens (tertiary/aromatic N) is 1. The number of amides is 1. The Morgan fingerprint density at radius 1 is 1.27 bits per heavy atom. The molecule has 1 fully saturated rings. The summed E-state index contributed by atoms with van der Waals surface area (Å²) in [7, 11) is 0. The van der Waals surface area contributed by atoms with Gasteiger partial charge in [0, 0.05) is 13.1 Å². The summed E-state index contributed by atoms with van der Waals surface area (Å²) in [6.45, 7) is 5.59. The van der Waals surface area contributed by atoms with Crippen molar-refractivity contribution in [3.63, 3.8) is 0 Å². The third kappa shape index (κ3) is 5.50. The van der Waals surface area contributed by atoms with Gasteiger partial charge in [-0.2, -0.15) is 0 Å². The lowest BCUT2D eigenvalue weighted by atomic mass is 10.2. The van der Waals surface area contributed by atoms with Gasteiger partial charge in [-0.05, 0) is 45.0 Å². The minimum absolute atomic E-state index is 0.102. The third-order valence-electron chi connectivity index (χ3n) is 3.94. The van der Waals surface area contributed by atoms with Crippen molar-refractivity contribution in [2.45, 2.75) is 38.7 Å². The van der Waals surface area contributed by atoms with E-state index in [2.05, 4.69) is 10.2 Å².